The van der Waals surface area contributed by atoms with Gasteiger partial charge in [0.25, 0.3) is 0 Å². The second-order valence-corrected chi connectivity index (χ2v) is 4.71. The van der Waals surface area contributed by atoms with E-state index in [2.05, 4.69) is 18.8 Å². The Labute approximate surface area is 103 Å². The van der Waals surface area contributed by atoms with Crippen molar-refractivity contribution >= 4 is 5.91 Å². The van der Waals surface area contributed by atoms with Crippen LogP contribution in [0.15, 0.2) is 18.3 Å². The summed E-state index contributed by atoms with van der Waals surface area (Å²) in [5, 5.41) is 0. The third-order valence-corrected chi connectivity index (χ3v) is 3.09. The van der Waals surface area contributed by atoms with Crippen molar-refractivity contribution in [1.29, 1.82) is 0 Å². The molecule has 0 bridgehead atoms. The van der Waals surface area contributed by atoms with Crippen molar-refractivity contribution in [2.24, 2.45) is 11.7 Å². The van der Waals surface area contributed by atoms with Gasteiger partial charge in [0.1, 0.15) is 0 Å². The number of carbonyl (C=O) groups excluding carboxylic acids is 1. The quantitative estimate of drug-likeness (QED) is 0.788. The lowest BCUT2D eigenvalue weighted by molar-refractivity contribution is -0.117. The predicted molar refractivity (Wildman–Crippen MR) is 69.5 cm³/mol. The summed E-state index contributed by atoms with van der Waals surface area (Å²) in [6, 6.07) is 3.94. The van der Waals surface area contributed by atoms with E-state index in [9.17, 15) is 4.79 Å². The first kappa shape index (κ1) is 13.7. The van der Waals surface area contributed by atoms with Gasteiger partial charge in [0.15, 0.2) is 0 Å². The molecule has 1 rings (SSSR count). The van der Waals surface area contributed by atoms with E-state index in [1.54, 1.807) is 6.20 Å². The molecule has 3 heteroatoms. The third kappa shape index (κ3) is 5.48. The molecular formula is C14H22N2O. The number of nitrogens with two attached hydrogens (primary N) is 1. The van der Waals surface area contributed by atoms with E-state index in [0.29, 0.717) is 0 Å². The second-order valence-electron chi connectivity index (χ2n) is 4.71. The molecule has 0 radical (unpaired) electrons. The maximum absolute atomic E-state index is 10.7. The van der Waals surface area contributed by atoms with E-state index in [-0.39, 0.29) is 12.3 Å². The average Bonchev–Trinajstić information content (AvgIpc) is 2.30. The molecule has 1 aromatic rings. The number of rotatable bonds is 7. The highest BCUT2D eigenvalue weighted by atomic mass is 16.1. The summed E-state index contributed by atoms with van der Waals surface area (Å²) < 4.78 is 0. The molecule has 1 aromatic heterocycles. The van der Waals surface area contributed by atoms with Gasteiger partial charge in [-0.1, -0.05) is 32.8 Å². The molecule has 3 nitrogen and oxygen atoms in total. The first-order valence-electron chi connectivity index (χ1n) is 6.34. The van der Waals surface area contributed by atoms with Crippen LogP contribution in [-0.4, -0.2) is 10.9 Å². The van der Waals surface area contributed by atoms with E-state index in [0.717, 1.165) is 23.6 Å². The second kappa shape index (κ2) is 7.05. The Bertz CT molecular complexity index is 346. The molecule has 94 valence electrons. The van der Waals surface area contributed by atoms with E-state index in [4.69, 9.17) is 5.73 Å². The standard InChI is InChI=1S/C14H22N2O/c1-3-11(2)5-4-6-13-8-7-12(10-16-13)9-14(15)17/h7-8,10-11H,3-6,9H2,1-2H3,(H2,15,17). The van der Waals surface area contributed by atoms with Crippen LogP contribution in [0.5, 0.6) is 0 Å². The van der Waals surface area contributed by atoms with Crippen LogP contribution >= 0.6 is 0 Å². The van der Waals surface area contributed by atoms with Crippen molar-refractivity contribution in [3.8, 4) is 0 Å². The highest BCUT2D eigenvalue weighted by Gasteiger charge is 2.02. The topological polar surface area (TPSA) is 56.0 Å². The number of pyridine rings is 1. The molecule has 0 saturated heterocycles. The minimum atomic E-state index is -0.309. The Morgan fingerprint density at radius 2 is 2.24 bits per heavy atom. The lowest BCUT2D eigenvalue weighted by atomic mass is 10.0. The smallest absolute Gasteiger partial charge is 0.221 e. The molecule has 0 saturated carbocycles. The summed E-state index contributed by atoms with van der Waals surface area (Å²) in [6.07, 6.45) is 6.72. The van der Waals surface area contributed by atoms with Gasteiger partial charge >= 0.3 is 0 Å². The number of hydrogen-bond donors (Lipinski definition) is 1. The molecule has 17 heavy (non-hydrogen) atoms. The van der Waals surface area contributed by atoms with Crippen LogP contribution in [0.3, 0.4) is 0 Å². The molecule has 1 unspecified atom stereocenters. The minimum absolute atomic E-state index is 0.278. The molecule has 0 spiro atoms. The zero-order chi connectivity index (χ0) is 12.7. The van der Waals surface area contributed by atoms with Gasteiger partial charge < -0.3 is 5.73 Å². The zero-order valence-electron chi connectivity index (χ0n) is 10.8. The number of hydrogen-bond acceptors (Lipinski definition) is 2. The maximum atomic E-state index is 10.7. The van der Waals surface area contributed by atoms with E-state index >= 15 is 0 Å². The highest BCUT2D eigenvalue weighted by molar-refractivity contribution is 5.76. The molecule has 2 N–H and O–H groups in total. The number of amides is 1. The molecule has 0 aliphatic rings. The number of nitrogens with zero attached hydrogens (tertiary/aromatic N) is 1. The maximum Gasteiger partial charge on any atom is 0.221 e. The number of carbonyl (C=O) groups is 1. The van der Waals surface area contributed by atoms with Crippen LogP contribution in [0, 0.1) is 5.92 Å². The predicted octanol–water partition coefficient (Wildman–Crippen LogP) is 2.48. The SMILES string of the molecule is CCC(C)CCCc1ccc(CC(N)=O)cn1. The summed E-state index contributed by atoms with van der Waals surface area (Å²) in [4.78, 5) is 15.1. The van der Waals surface area contributed by atoms with E-state index in [1.165, 1.54) is 19.3 Å². The Morgan fingerprint density at radius 1 is 1.47 bits per heavy atom. The summed E-state index contributed by atoms with van der Waals surface area (Å²) in [5.41, 5.74) is 7.12. The summed E-state index contributed by atoms with van der Waals surface area (Å²) in [7, 11) is 0. The van der Waals surface area contributed by atoms with Gasteiger partial charge in [-0.2, -0.15) is 0 Å². The Kier molecular flexibility index (Phi) is 5.67. The molecular weight excluding hydrogens is 212 g/mol. The molecule has 0 fully saturated rings. The van der Waals surface area contributed by atoms with Crippen molar-refractivity contribution in [1.82, 2.24) is 4.98 Å². The van der Waals surface area contributed by atoms with Gasteiger partial charge in [-0.15, -0.1) is 0 Å². The molecule has 1 heterocycles. The number of aryl methyl sites for hydroxylation is 1. The lowest BCUT2D eigenvalue weighted by Gasteiger charge is -2.07. The Morgan fingerprint density at radius 3 is 2.76 bits per heavy atom. The van der Waals surface area contributed by atoms with Crippen LogP contribution in [0.2, 0.25) is 0 Å². The summed E-state index contributed by atoms with van der Waals surface area (Å²) in [5.74, 6) is 0.487. The monoisotopic (exact) mass is 234 g/mol. The van der Waals surface area contributed by atoms with Gasteiger partial charge in [0.2, 0.25) is 5.91 Å². The van der Waals surface area contributed by atoms with E-state index < -0.39 is 0 Å². The van der Waals surface area contributed by atoms with Crippen molar-refractivity contribution in [2.45, 2.75) is 46.0 Å². The molecule has 0 aliphatic carbocycles. The van der Waals surface area contributed by atoms with Crippen molar-refractivity contribution in [3.05, 3.63) is 29.6 Å². The largest absolute Gasteiger partial charge is 0.369 e. The average molecular weight is 234 g/mol. The first-order chi connectivity index (χ1) is 8.11. The van der Waals surface area contributed by atoms with Crippen molar-refractivity contribution in [2.75, 3.05) is 0 Å². The molecule has 0 aromatic carbocycles. The van der Waals surface area contributed by atoms with Crippen molar-refractivity contribution in [3.63, 3.8) is 0 Å². The highest BCUT2D eigenvalue weighted by Crippen LogP contribution is 2.12. The fourth-order valence-corrected chi connectivity index (χ4v) is 1.74. The molecule has 0 aliphatic heterocycles. The molecule has 1 atom stereocenters. The Balaban J connectivity index is 2.37. The zero-order valence-corrected chi connectivity index (χ0v) is 10.8. The summed E-state index contributed by atoms with van der Waals surface area (Å²) >= 11 is 0. The van der Waals surface area contributed by atoms with Crippen LogP contribution < -0.4 is 5.73 Å². The van der Waals surface area contributed by atoms with Crippen LogP contribution in [0.4, 0.5) is 0 Å². The van der Waals surface area contributed by atoms with Crippen molar-refractivity contribution < 1.29 is 4.79 Å². The van der Waals surface area contributed by atoms with Gasteiger partial charge in [-0.25, -0.2) is 0 Å². The summed E-state index contributed by atoms with van der Waals surface area (Å²) in [6.45, 7) is 4.50. The number of primary amides is 1. The van der Waals surface area contributed by atoms with Gasteiger partial charge in [0.05, 0.1) is 6.42 Å². The van der Waals surface area contributed by atoms with E-state index in [1.807, 2.05) is 12.1 Å². The van der Waals surface area contributed by atoms with Crippen LogP contribution in [-0.2, 0) is 17.6 Å². The van der Waals surface area contributed by atoms with Gasteiger partial charge in [-0.3, -0.25) is 9.78 Å². The van der Waals surface area contributed by atoms with Crippen LogP contribution in [0.1, 0.15) is 44.4 Å². The molecule has 1 amide bonds. The fourth-order valence-electron chi connectivity index (χ4n) is 1.74. The minimum Gasteiger partial charge on any atom is -0.369 e. The third-order valence-electron chi connectivity index (χ3n) is 3.09. The lowest BCUT2D eigenvalue weighted by Crippen LogP contribution is -2.13. The number of aromatic nitrogens is 1. The van der Waals surface area contributed by atoms with Crippen LogP contribution in [0.25, 0.3) is 0 Å². The van der Waals surface area contributed by atoms with Gasteiger partial charge in [-0.05, 0) is 30.4 Å². The first-order valence-corrected chi connectivity index (χ1v) is 6.34. The van der Waals surface area contributed by atoms with Gasteiger partial charge in [0, 0.05) is 11.9 Å². The Hall–Kier alpha value is -1.38. The normalized spacial score (nSPS) is 12.4. The fraction of sp³-hybridized carbons (Fsp3) is 0.571.